The second kappa shape index (κ2) is 5.17. The molecule has 3 heterocycles. The maximum absolute atomic E-state index is 5.61. The molecular formula is C11H13N9O. The first kappa shape index (κ1) is 13.0. The number of hydrogen-bond acceptors (Lipinski definition) is 8. The molecule has 10 heteroatoms. The molecule has 0 unspecified atom stereocenters. The summed E-state index contributed by atoms with van der Waals surface area (Å²) in [5.41, 5.74) is 3.19. The zero-order valence-corrected chi connectivity index (χ0v) is 11.4. The van der Waals surface area contributed by atoms with Crippen molar-refractivity contribution in [3.8, 4) is 17.8 Å². The van der Waals surface area contributed by atoms with Gasteiger partial charge in [-0.1, -0.05) is 0 Å². The molecule has 21 heavy (non-hydrogen) atoms. The summed E-state index contributed by atoms with van der Waals surface area (Å²) in [5.74, 6) is 6.33. The van der Waals surface area contributed by atoms with Gasteiger partial charge in [-0.2, -0.15) is 25.1 Å². The number of hydrogen-bond donors (Lipinski definition) is 2. The zero-order chi connectivity index (χ0) is 14.8. The van der Waals surface area contributed by atoms with E-state index >= 15 is 0 Å². The first-order chi connectivity index (χ1) is 10.2. The van der Waals surface area contributed by atoms with Crippen molar-refractivity contribution < 1.29 is 4.74 Å². The van der Waals surface area contributed by atoms with Crippen molar-refractivity contribution in [1.82, 2.24) is 34.5 Å². The van der Waals surface area contributed by atoms with Gasteiger partial charge in [0.2, 0.25) is 11.8 Å². The Labute approximate surface area is 119 Å². The van der Waals surface area contributed by atoms with Gasteiger partial charge in [-0.15, -0.1) is 0 Å². The molecule has 0 aliphatic heterocycles. The van der Waals surface area contributed by atoms with Gasteiger partial charge in [-0.3, -0.25) is 5.43 Å². The highest BCUT2D eigenvalue weighted by molar-refractivity contribution is 5.30. The van der Waals surface area contributed by atoms with Gasteiger partial charge in [0.15, 0.2) is 0 Å². The lowest BCUT2D eigenvalue weighted by Crippen LogP contribution is -2.14. The van der Waals surface area contributed by atoms with Crippen LogP contribution in [-0.4, -0.2) is 34.5 Å². The van der Waals surface area contributed by atoms with Gasteiger partial charge in [0.05, 0.1) is 5.69 Å². The molecular weight excluding hydrogens is 274 g/mol. The van der Waals surface area contributed by atoms with E-state index in [9.17, 15) is 0 Å². The van der Waals surface area contributed by atoms with E-state index in [1.54, 1.807) is 36.3 Å². The molecule has 0 fully saturated rings. The topological polar surface area (TPSA) is 122 Å². The Morgan fingerprint density at radius 1 is 1.29 bits per heavy atom. The van der Waals surface area contributed by atoms with E-state index in [2.05, 4.69) is 30.6 Å². The van der Waals surface area contributed by atoms with E-state index in [-0.39, 0.29) is 17.9 Å². The van der Waals surface area contributed by atoms with Crippen LogP contribution in [0, 0.1) is 6.92 Å². The number of nitrogen functional groups attached to an aromatic ring is 1. The second-order valence-electron chi connectivity index (χ2n) is 4.19. The number of aromatic nitrogens is 7. The van der Waals surface area contributed by atoms with Gasteiger partial charge < -0.3 is 4.74 Å². The number of aryl methyl sites for hydroxylation is 2. The highest BCUT2D eigenvalue weighted by atomic mass is 16.5. The Morgan fingerprint density at radius 3 is 2.76 bits per heavy atom. The standard InChI is InChI=1S/C11H13N9O/c1-7-6-8(19(2)18-7)21-11-15-9(17-12)14-10(16-11)20-5-3-4-13-20/h3-6H,12H2,1-2H3,(H,14,15,16,17). The molecule has 10 nitrogen and oxygen atoms in total. The lowest BCUT2D eigenvalue weighted by molar-refractivity contribution is 0.396. The summed E-state index contributed by atoms with van der Waals surface area (Å²) >= 11 is 0. The SMILES string of the molecule is Cc1cc(Oc2nc(NN)nc(-n3cccn3)n2)n(C)n1. The van der Waals surface area contributed by atoms with Gasteiger partial charge in [0.1, 0.15) is 0 Å². The van der Waals surface area contributed by atoms with Crippen molar-refractivity contribution in [3.63, 3.8) is 0 Å². The highest BCUT2D eigenvalue weighted by Gasteiger charge is 2.12. The van der Waals surface area contributed by atoms with Crippen LogP contribution in [0.4, 0.5) is 5.95 Å². The smallest absolute Gasteiger partial charge is 0.330 e. The summed E-state index contributed by atoms with van der Waals surface area (Å²) in [6.07, 6.45) is 3.32. The minimum atomic E-state index is 0.0893. The minimum Gasteiger partial charge on any atom is -0.405 e. The summed E-state index contributed by atoms with van der Waals surface area (Å²) in [7, 11) is 1.76. The average Bonchev–Trinajstić information content (AvgIpc) is 3.09. The number of rotatable bonds is 4. The Balaban J connectivity index is 1.98. The summed E-state index contributed by atoms with van der Waals surface area (Å²) in [6, 6.07) is 3.61. The number of nitrogens with one attached hydrogen (secondary N) is 1. The number of anilines is 1. The average molecular weight is 287 g/mol. The molecule has 0 amide bonds. The number of nitrogens with zero attached hydrogens (tertiary/aromatic N) is 7. The van der Waals surface area contributed by atoms with Crippen LogP contribution in [0.3, 0.4) is 0 Å². The molecule has 0 saturated heterocycles. The Morgan fingerprint density at radius 2 is 2.14 bits per heavy atom. The normalized spacial score (nSPS) is 10.6. The molecule has 0 bridgehead atoms. The predicted octanol–water partition coefficient (Wildman–Crippen LogP) is 0.177. The van der Waals surface area contributed by atoms with Crippen LogP contribution in [0.25, 0.3) is 5.95 Å². The van der Waals surface area contributed by atoms with Crippen molar-refractivity contribution in [1.29, 1.82) is 0 Å². The van der Waals surface area contributed by atoms with Crippen LogP contribution in [0.15, 0.2) is 24.5 Å². The molecule has 3 N–H and O–H groups in total. The third-order valence-electron chi connectivity index (χ3n) is 2.60. The second-order valence-corrected chi connectivity index (χ2v) is 4.19. The first-order valence-corrected chi connectivity index (χ1v) is 6.07. The van der Waals surface area contributed by atoms with E-state index in [1.165, 1.54) is 4.68 Å². The molecule has 0 atom stereocenters. The van der Waals surface area contributed by atoms with Crippen molar-refractivity contribution in [3.05, 3.63) is 30.2 Å². The first-order valence-electron chi connectivity index (χ1n) is 6.07. The monoisotopic (exact) mass is 287 g/mol. The van der Waals surface area contributed by atoms with Crippen LogP contribution < -0.4 is 16.0 Å². The van der Waals surface area contributed by atoms with Gasteiger partial charge in [-0.25, -0.2) is 15.2 Å². The molecule has 0 aliphatic rings. The molecule has 0 radical (unpaired) electrons. The predicted molar refractivity (Wildman–Crippen MR) is 72.8 cm³/mol. The quantitative estimate of drug-likeness (QED) is 0.514. The van der Waals surface area contributed by atoms with E-state index in [4.69, 9.17) is 10.6 Å². The van der Waals surface area contributed by atoms with Crippen molar-refractivity contribution in [2.45, 2.75) is 6.92 Å². The fourth-order valence-electron chi connectivity index (χ4n) is 1.72. The summed E-state index contributed by atoms with van der Waals surface area (Å²) in [4.78, 5) is 12.3. The van der Waals surface area contributed by atoms with Crippen LogP contribution in [-0.2, 0) is 7.05 Å². The third kappa shape index (κ3) is 2.65. The van der Waals surface area contributed by atoms with Gasteiger partial charge in [-0.05, 0) is 13.0 Å². The molecule has 0 saturated carbocycles. The fraction of sp³-hybridized carbons (Fsp3) is 0.182. The van der Waals surface area contributed by atoms with E-state index < -0.39 is 0 Å². The maximum atomic E-state index is 5.61. The van der Waals surface area contributed by atoms with E-state index in [0.717, 1.165) is 5.69 Å². The molecule has 0 spiro atoms. The van der Waals surface area contributed by atoms with Crippen LogP contribution in [0.2, 0.25) is 0 Å². The maximum Gasteiger partial charge on any atom is 0.330 e. The lowest BCUT2D eigenvalue weighted by atomic mass is 10.5. The number of nitrogens with two attached hydrogens (primary N) is 1. The third-order valence-corrected chi connectivity index (χ3v) is 2.60. The van der Waals surface area contributed by atoms with E-state index in [1.807, 2.05) is 6.92 Å². The van der Waals surface area contributed by atoms with Gasteiger partial charge >= 0.3 is 6.01 Å². The van der Waals surface area contributed by atoms with Crippen molar-refractivity contribution in [2.24, 2.45) is 12.9 Å². The fourth-order valence-corrected chi connectivity index (χ4v) is 1.72. The molecule has 3 rings (SSSR count). The Hall–Kier alpha value is -3.01. The molecule has 3 aromatic rings. The molecule has 108 valence electrons. The van der Waals surface area contributed by atoms with E-state index in [0.29, 0.717) is 5.88 Å². The van der Waals surface area contributed by atoms with Crippen LogP contribution in [0.1, 0.15) is 5.69 Å². The summed E-state index contributed by atoms with van der Waals surface area (Å²) in [6.45, 7) is 1.86. The van der Waals surface area contributed by atoms with Gasteiger partial charge in [0.25, 0.3) is 5.95 Å². The lowest BCUT2D eigenvalue weighted by Gasteiger charge is -2.07. The van der Waals surface area contributed by atoms with Crippen molar-refractivity contribution >= 4 is 5.95 Å². The Kier molecular flexibility index (Phi) is 3.20. The summed E-state index contributed by atoms with van der Waals surface area (Å²) < 4.78 is 8.67. The Bertz CT molecular complexity index is 749. The summed E-state index contributed by atoms with van der Waals surface area (Å²) in [5, 5.41) is 8.24. The molecule has 0 aliphatic carbocycles. The van der Waals surface area contributed by atoms with Crippen LogP contribution >= 0.6 is 0 Å². The van der Waals surface area contributed by atoms with Crippen molar-refractivity contribution in [2.75, 3.05) is 5.43 Å². The zero-order valence-electron chi connectivity index (χ0n) is 11.4. The molecule has 0 aromatic carbocycles. The molecule has 3 aromatic heterocycles. The largest absolute Gasteiger partial charge is 0.405 e. The highest BCUT2D eigenvalue weighted by Crippen LogP contribution is 2.19. The number of hydrazine groups is 1. The van der Waals surface area contributed by atoms with Gasteiger partial charge in [0, 0.05) is 25.5 Å². The number of ether oxygens (including phenoxy) is 1. The minimum absolute atomic E-state index is 0.0893. The van der Waals surface area contributed by atoms with Crippen LogP contribution in [0.5, 0.6) is 11.9 Å².